The van der Waals surface area contributed by atoms with Crippen LogP contribution in [-0.2, 0) is 18.4 Å². The van der Waals surface area contributed by atoms with Crippen molar-refractivity contribution in [3.63, 3.8) is 0 Å². The first-order valence-corrected chi connectivity index (χ1v) is 17.0. The molecule has 0 bridgehead atoms. The Labute approximate surface area is 274 Å². The Balaban J connectivity index is 1.15. The standard InChI is InChI=1S/C34H35ClF2N4O4S/c1-18-12-24(29-28(38-18)26(17-46-29)33(43)44)23-13-21(35)5-6-27(23)45-11-10-41-19(2)39-30-25(32(41)42)14-22(15-34(30)7-8-34)40-9-3-4-20(16-40)31(36)37/h5-6,12-13,17,20,22,31H,3-4,7-11,14-16H2,1-2H3,(H,43,44)/t20-,22+/m1/s1. The number of halogens is 3. The summed E-state index contributed by atoms with van der Waals surface area (Å²) in [6, 6.07) is 7.25. The van der Waals surface area contributed by atoms with Crippen molar-refractivity contribution in [2.24, 2.45) is 5.92 Å². The molecule has 7 rings (SSSR count). The molecule has 3 aromatic heterocycles. The van der Waals surface area contributed by atoms with Crippen LogP contribution in [0.3, 0.4) is 0 Å². The van der Waals surface area contributed by atoms with E-state index in [0.29, 0.717) is 58.3 Å². The van der Waals surface area contributed by atoms with Crippen molar-refractivity contribution in [3.05, 3.63) is 73.4 Å². The number of carboxylic acids is 1. The number of aromatic nitrogens is 3. The number of likely N-dealkylation sites (tertiary alicyclic amines) is 1. The van der Waals surface area contributed by atoms with Gasteiger partial charge < -0.3 is 9.84 Å². The summed E-state index contributed by atoms with van der Waals surface area (Å²) < 4.78 is 35.9. The van der Waals surface area contributed by atoms with E-state index in [1.54, 1.807) is 28.1 Å². The fraction of sp³-hybridized carbons (Fsp3) is 0.471. The zero-order chi connectivity index (χ0) is 32.3. The molecule has 2 aliphatic carbocycles. The largest absolute Gasteiger partial charge is 0.491 e. The van der Waals surface area contributed by atoms with Gasteiger partial charge in [0, 0.05) is 56.7 Å². The maximum absolute atomic E-state index is 14.0. The highest BCUT2D eigenvalue weighted by molar-refractivity contribution is 7.18. The number of carbonyl (C=O) groups is 1. The van der Waals surface area contributed by atoms with Gasteiger partial charge in [-0.25, -0.2) is 18.6 Å². The third-order valence-electron chi connectivity index (χ3n) is 9.92. The minimum atomic E-state index is -2.32. The lowest BCUT2D eigenvalue weighted by molar-refractivity contribution is 0.00962. The Hall–Kier alpha value is -3.41. The van der Waals surface area contributed by atoms with E-state index in [4.69, 9.17) is 21.3 Å². The van der Waals surface area contributed by atoms with Gasteiger partial charge in [0.1, 0.15) is 18.2 Å². The van der Waals surface area contributed by atoms with Crippen molar-refractivity contribution < 1.29 is 23.4 Å². The number of benzene rings is 1. The number of alkyl halides is 2. The highest BCUT2D eigenvalue weighted by Crippen LogP contribution is 2.55. The molecule has 3 aliphatic rings. The average molecular weight is 669 g/mol. The van der Waals surface area contributed by atoms with E-state index < -0.39 is 18.3 Å². The number of nitrogens with zero attached hydrogens (tertiary/aromatic N) is 4. The summed E-state index contributed by atoms with van der Waals surface area (Å²) in [5, 5.41) is 11.8. The van der Waals surface area contributed by atoms with Crippen molar-refractivity contribution in [1.82, 2.24) is 19.4 Å². The minimum Gasteiger partial charge on any atom is -0.491 e. The fourth-order valence-corrected chi connectivity index (χ4v) is 8.63. The van der Waals surface area contributed by atoms with Gasteiger partial charge in [0.05, 0.1) is 28.0 Å². The first kappa shape index (κ1) is 31.2. The lowest BCUT2D eigenvalue weighted by Gasteiger charge is -2.42. The van der Waals surface area contributed by atoms with E-state index in [2.05, 4.69) is 9.88 Å². The Kier molecular flexibility index (Phi) is 8.13. The molecule has 4 heterocycles. The Bertz CT molecular complexity index is 1910. The number of piperidine rings is 1. The lowest BCUT2D eigenvalue weighted by Crippen LogP contribution is -2.50. The average Bonchev–Trinajstić information content (AvgIpc) is 3.66. The summed E-state index contributed by atoms with van der Waals surface area (Å²) in [4.78, 5) is 37.5. The second kappa shape index (κ2) is 12.0. The first-order chi connectivity index (χ1) is 22.0. The molecule has 0 radical (unpaired) electrons. The molecule has 12 heteroatoms. The number of fused-ring (bicyclic) bond motifs is 3. The van der Waals surface area contributed by atoms with Gasteiger partial charge in [0.25, 0.3) is 5.56 Å². The number of thiophene rings is 1. The van der Waals surface area contributed by atoms with Crippen molar-refractivity contribution in [2.75, 3.05) is 19.7 Å². The SMILES string of the molecule is Cc1cc(-c2cc(Cl)ccc2OCCn2c(C)nc3c(c2=O)C[C@H](N2CCC[C@@H](C(F)F)C2)CC32CC2)c2scc(C(=O)O)c2n1. The monoisotopic (exact) mass is 668 g/mol. The van der Waals surface area contributed by atoms with E-state index in [1.807, 2.05) is 19.9 Å². The first-order valence-electron chi connectivity index (χ1n) is 15.7. The molecule has 8 nitrogen and oxygen atoms in total. The topological polar surface area (TPSA) is 97.6 Å². The molecule has 1 saturated heterocycles. The molecule has 1 saturated carbocycles. The van der Waals surface area contributed by atoms with Gasteiger partial charge in [-0.05, 0) is 83.2 Å². The maximum atomic E-state index is 14.0. The highest BCUT2D eigenvalue weighted by Gasteiger charge is 2.53. The number of rotatable bonds is 8. The van der Waals surface area contributed by atoms with Gasteiger partial charge in [0.15, 0.2) is 0 Å². The van der Waals surface area contributed by atoms with Crippen LogP contribution in [0.2, 0.25) is 5.02 Å². The Morgan fingerprint density at radius 2 is 2.02 bits per heavy atom. The van der Waals surface area contributed by atoms with Crippen molar-refractivity contribution in [3.8, 4) is 16.9 Å². The smallest absolute Gasteiger partial charge is 0.338 e. The fourth-order valence-electron chi connectivity index (χ4n) is 7.44. The molecule has 46 heavy (non-hydrogen) atoms. The van der Waals surface area contributed by atoms with Crippen LogP contribution in [0.25, 0.3) is 21.3 Å². The number of pyridine rings is 1. The van der Waals surface area contributed by atoms with Gasteiger partial charge in [-0.1, -0.05) is 11.6 Å². The van der Waals surface area contributed by atoms with Crippen LogP contribution in [0.5, 0.6) is 5.75 Å². The summed E-state index contributed by atoms with van der Waals surface area (Å²) in [5.41, 5.74) is 4.13. The van der Waals surface area contributed by atoms with E-state index in [0.717, 1.165) is 48.2 Å². The van der Waals surface area contributed by atoms with E-state index in [1.165, 1.54) is 11.3 Å². The van der Waals surface area contributed by atoms with Crippen LogP contribution in [-0.4, -0.2) is 62.7 Å². The summed E-state index contributed by atoms with van der Waals surface area (Å²) in [6.45, 7) is 5.29. The lowest BCUT2D eigenvalue weighted by atomic mass is 9.79. The Morgan fingerprint density at radius 3 is 2.76 bits per heavy atom. The van der Waals surface area contributed by atoms with Crippen LogP contribution in [0.15, 0.2) is 34.4 Å². The van der Waals surface area contributed by atoms with Crippen LogP contribution in [0.4, 0.5) is 8.78 Å². The highest BCUT2D eigenvalue weighted by atomic mass is 35.5. The summed E-state index contributed by atoms with van der Waals surface area (Å²) in [7, 11) is 0. The molecule has 1 spiro atoms. The molecular weight excluding hydrogens is 634 g/mol. The van der Waals surface area contributed by atoms with Gasteiger partial charge in [-0.3, -0.25) is 19.2 Å². The molecule has 242 valence electrons. The second-order valence-electron chi connectivity index (χ2n) is 12.9. The van der Waals surface area contributed by atoms with Crippen molar-refractivity contribution >= 4 is 39.1 Å². The number of carboxylic acid groups (broad SMARTS) is 1. The summed E-state index contributed by atoms with van der Waals surface area (Å²) >= 11 is 7.72. The summed E-state index contributed by atoms with van der Waals surface area (Å²) in [5.74, 6) is -0.465. The van der Waals surface area contributed by atoms with E-state index in [-0.39, 0.29) is 35.7 Å². The zero-order valence-corrected chi connectivity index (χ0v) is 27.3. The van der Waals surface area contributed by atoms with Gasteiger partial charge >= 0.3 is 5.97 Å². The van der Waals surface area contributed by atoms with Gasteiger partial charge in [-0.15, -0.1) is 11.3 Å². The number of aryl methyl sites for hydroxylation is 2. The van der Waals surface area contributed by atoms with Crippen LogP contribution < -0.4 is 10.3 Å². The molecule has 2 atom stereocenters. The number of hydrogen-bond acceptors (Lipinski definition) is 7. The molecule has 1 aromatic carbocycles. The van der Waals surface area contributed by atoms with Crippen LogP contribution in [0, 0.1) is 19.8 Å². The molecule has 1 N–H and O–H groups in total. The predicted molar refractivity (Wildman–Crippen MR) is 174 cm³/mol. The molecule has 0 amide bonds. The van der Waals surface area contributed by atoms with Gasteiger partial charge in [0.2, 0.25) is 6.43 Å². The molecule has 1 aliphatic heterocycles. The van der Waals surface area contributed by atoms with E-state index in [9.17, 15) is 23.5 Å². The van der Waals surface area contributed by atoms with Gasteiger partial charge in [-0.2, -0.15) is 0 Å². The van der Waals surface area contributed by atoms with E-state index >= 15 is 0 Å². The number of aromatic carboxylic acids is 1. The minimum absolute atomic E-state index is 0.0645. The molecular formula is C34H35ClF2N4O4S. The molecule has 4 aromatic rings. The van der Waals surface area contributed by atoms with Crippen LogP contribution >= 0.6 is 22.9 Å². The van der Waals surface area contributed by atoms with Crippen molar-refractivity contribution in [2.45, 2.75) is 76.8 Å². The summed E-state index contributed by atoms with van der Waals surface area (Å²) in [6.07, 6.45) is 2.32. The second-order valence-corrected chi connectivity index (χ2v) is 14.3. The quantitative estimate of drug-likeness (QED) is 0.218. The normalized spacial score (nSPS) is 20.7. The zero-order valence-electron chi connectivity index (χ0n) is 25.7. The third-order valence-corrected chi connectivity index (χ3v) is 11.2. The molecule has 0 unspecified atom stereocenters. The maximum Gasteiger partial charge on any atom is 0.338 e. The molecule has 2 fully saturated rings. The predicted octanol–water partition coefficient (Wildman–Crippen LogP) is 6.89. The number of hydrogen-bond donors (Lipinski definition) is 1. The third kappa shape index (κ3) is 5.60. The number of ether oxygens (including phenoxy) is 1. The Morgan fingerprint density at radius 1 is 1.22 bits per heavy atom. The van der Waals surface area contributed by atoms with Crippen LogP contribution in [0.1, 0.15) is 65.2 Å². The van der Waals surface area contributed by atoms with Crippen molar-refractivity contribution in [1.29, 1.82) is 0 Å².